The molecule has 0 bridgehead atoms. The van der Waals surface area contributed by atoms with Gasteiger partial charge in [0.1, 0.15) is 22.3 Å². The van der Waals surface area contributed by atoms with Gasteiger partial charge in [0, 0.05) is 77.0 Å². The fourth-order valence-electron chi connectivity index (χ4n) is 12.7. The minimum atomic E-state index is 0.733. The Hall–Kier alpha value is -10.8. The molecule has 0 atom stereocenters. The maximum atomic E-state index is 7.00. The Morgan fingerprint density at radius 3 is 1.19 bits per heavy atom. The fraction of sp³-hybridized carbons (Fsp3) is 0.0133. The Bertz CT molecular complexity index is 5380. The smallest absolute Gasteiger partial charge is 0.178 e. The van der Waals surface area contributed by atoms with Gasteiger partial charge >= 0.3 is 0 Å². The third kappa shape index (κ3) is 7.00. The number of anilines is 6. The number of nitrogens with zero attached hydrogens (tertiary/aromatic N) is 2. The summed E-state index contributed by atoms with van der Waals surface area (Å²) in [4.78, 5) is 4.63. The first-order valence-corrected chi connectivity index (χ1v) is 27.5. The summed E-state index contributed by atoms with van der Waals surface area (Å²) in [6.45, 7) is 2.17. The van der Waals surface area contributed by atoms with Crippen molar-refractivity contribution in [3.63, 3.8) is 0 Å². The second kappa shape index (κ2) is 17.6. The van der Waals surface area contributed by atoms with Crippen molar-refractivity contribution in [2.45, 2.75) is 6.92 Å². The lowest BCUT2D eigenvalue weighted by atomic mass is 10.0. The molecular weight excluding hydrogens is 993 g/mol. The standard InChI is InChI=1S/C75H46N2O4/c1-45-17-11-12-30-65(45)77(67-32-16-29-60-58-27-14-25-56(71(58)81-73(60)67)47-20-7-3-8-21-47)54-36-34-49-42-64-62-38-37-61-63-41-48-33-35-53(39-50(48)43-68(63)78-74(61)75(62)79-69(64)44-51(49)40-54)76(52-22-9-4-10-23-52)66-31-15-28-59-57-26-13-24-55(70(57)80-72(59)66)46-18-5-2-6-19-46/h2-44H,1H3. The summed E-state index contributed by atoms with van der Waals surface area (Å²) in [5, 5.41) is 12.7. The van der Waals surface area contributed by atoms with E-state index in [2.05, 4.69) is 265 Å². The van der Waals surface area contributed by atoms with E-state index in [-0.39, 0.29) is 0 Å². The number of fused-ring (bicyclic) bond motifs is 15. The number of furan rings is 4. The van der Waals surface area contributed by atoms with E-state index in [1.165, 1.54) is 0 Å². The highest BCUT2D eigenvalue weighted by Gasteiger charge is 2.25. The third-order valence-corrected chi connectivity index (χ3v) is 16.5. The number of hydrogen-bond donors (Lipinski definition) is 0. The molecule has 17 rings (SSSR count). The van der Waals surface area contributed by atoms with Crippen LogP contribution in [0.3, 0.4) is 0 Å². The third-order valence-electron chi connectivity index (χ3n) is 16.5. The van der Waals surface area contributed by atoms with Gasteiger partial charge < -0.3 is 27.5 Å². The summed E-state index contributed by atoms with van der Waals surface area (Å²) < 4.78 is 27.8. The van der Waals surface area contributed by atoms with Crippen LogP contribution in [-0.2, 0) is 0 Å². The van der Waals surface area contributed by atoms with Crippen LogP contribution in [0.2, 0.25) is 0 Å². The minimum Gasteiger partial charge on any atom is -0.453 e. The zero-order valence-corrected chi connectivity index (χ0v) is 43.9. The Balaban J connectivity index is 0.778. The van der Waals surface area contributed by atoms with Crippen molar-refractivity contribution in [3.05, 3.63) is 266 Å². The van der Waals surface area contributed by atoms with Crippen molar-refractivity contribution in [3.8, 4) is 22.3 Å². The van der Waals surface area contributed by atoms with Gasteiger partial charge in [0.25, 0.3) is 0 Å². The molecular formula is C75H46N2O4. The van der Waals surface area contributed by atoms with Gasteiger partial charge in [0.15, 0.2) is 22.3 Å². The van der Waals surface area contributed by atoms with Gasteiger partial charge in [-0.1, -0.05) is 170 Å². The van der Waals surface area contributed by atoms with E-state index in [4.69, 9.17) is 17.7 Å². The van der Waals surface area contributed by atoms with Crippen LogP contribution < -0.4 is 9.80 Å². The van der Waals surface area contributed by atoms with Crippen LogP contribution in [0.5, 0.6) is 0 Å². The fourth-order valence-corrected chi connectivity index (χ4v) is 12.7. The van der Waals surface area contributed by atoms with Crippen molar-refractivity contribution < 1.29 is 17.7 Å². The molecule has 0 saturated carbocycles. The van der Waals surface area contributed by atoms with E-state index in [9.17, 15) is 0 Å². The van der Waals surface area contributed by atoms with E-state index < -0.39 is 0 Å². The molecule has 81 heavy (non-hydrogen) atoms. The van der Waals surface area contributed by atoms with Crippen LogP contribution in [0, 0.1) is 6.92 Å². The van der Waals surface area contributed by atoms with E-state index in [1.807, 2.05) is 12.1 Å². The molecule has 0 aliphatic rings. The summed E-state index contributed by atoms with van der Waals surface area (Å²) in [7, 11) is 0. The number of para-hydroxylation sites is 6. The average Bonchev–Trinajstić information content (AvgIpc) is 4.47. The Kier molecular flexibility index (Phi) is 9.83. The highest BCUT2D eigenvalue weighted by Crippen LogP contribution is 2.49. The Morgan fingerprint density at radius 1 is 0.247 bits per heavy atom. The van der Waals surface area contributed by atoms with Crippen LogP contribution >= 0.6 is 0 Å². The minimum absolute atomic E-state index is 0.733. The van der Waals surface area contributed by atoms with E-state index in [0.717, 1.165) is 171 Å². The van der Waals surface area contributed by atoms with Crippen molar-refractivity contribution in [2.24, 2.45) is 0 Å². The molecule has 0 unspecified atom stereocenters. The largest absolute Gasteiger partial charge is 0.453 e. The monoisotopic (exact) mass is 1040 g/mol. The second-order valence-electron chi connectivity index (χ2n) is 21.2. The quantitative estimate of drug-likeness (QED) is 0.151. The number of hydrogen-bond acceptors (Lipinski definition) is 6. The molecule has 6 nitrogen and oxygen atoms in total. The second-order valence-corrected chi connectivity index (χ2v) is 21.2. The average molecular weight is 1040 g/mol. The zero-order valence-electron chi connectivity index (χ0n) is 43.9. The highest BCUT2D eigenvalue weighted by atomic mass is 16.4. The lowest BCUT2D eigenvalue weighted by Crippen LogP contribution is -2.11. The predicted octanol–water partition coefficient (Wildman–Crippen LogP) is 22.2. The molecule has 0 fully saturated rings. The molecule has 0 N–H and O–H groups in total. The van der Waals surface area contributed by atoms with Crippen molar-refractivity contribution >= 4 is 143 Å². The van der Waals surface area contributed by atoms with Gasteiger partial charge in [0.2, 0.25) is 0 Å². The summed E-state index contributed by atoms with van der Waals surface area (Å²) in [6, 6.07) is 92.3. The molecule has 4 aromatic heterocycles. The molecule has 0 radical (unpaired) electrons. The Labute approximate surface area is 464 Å². The summed E-state index contributed by atoms with van der Waals surface area (Å²) >= 11 is 0. The van der Waals surface area contributed by atoms with Crippen LogP contribution in [0.15, 0.2) is 279 Å². The molecule has 380 valence electrons. The Morgan fingerprint density at radius 2 is 0.667 bits per heavy atom. The van der Waals surface area contributed by atoms with Gasteiger partial charge in [-0.3, -0.25) is 0 Å². The van der Waals surface area contributed by atoms with Crippen LogP contribution in [0.25, 0.3) is 132 Å². The molecule has 0 aliphatic carbocycles. The summed E-state index contributed by atoms with van der Waals surface area (Å²) in [6.07, 6.45) is 0. The lowest BCUT2D eigenvalue weighted by molar-refractivity contribution is 0.634. The molecule has 0 saturated heterocycles. The SMILES string of the molecule is Cc1ccccc1N(c1ccc2cc3c(cc2c1)oc1c3ccc2c3cc4ccc(N(c5ccccc5)c5cccc6c5oc5c(-c7ccccc7)cccc56)cc4cc3oc21)c1cccc2c1oc1c(-c3ccccc3)cccc12. The number of rotatable bonds is 8. The molecule has 0 amide bonds. The van der Waals surface area contributed by atoms with Gasteiger partial charge in [-0.25, -0.2) is 0 Å². The molecule has 0 aliphatic heterocycles. The van der Waals surface area contributed by atoms with Crippen LogP contribution in [-0.4, -0.2) is 0 Å². The first-order valence-electron chi connectivity index (χ1n) is 27.5. The first kappa shape index (κ1) is 45.2. The zero-order chi connectivity index (χ0) is 53.3. The van der Waals surface area contributed by atoms with E-state index in [0.29, 0.717) is 0 Å². The molecule has 4 heterocycles. The van der Waals surface area contributed by atoms with E-state index >= 15 is 0 Å². The normalized spacial score (nSPS) is 12.0. The van der Waals surface area contributed by atoms with Gasteiger partial charge in [-0.2, -0.15) is 0 Å². The van der Waals surface area contributed by atoms with Gasteiger partial charge in [-0.05, 0) is 136 Å². The van der Waals surface area contributed by atoms with Crippen LogP contribution in [0.1, 0.15) is 5.56 Å². The molecule has 0 spiro atoms. The molecule has 17 aromatic rings. The van der Waals surface area contributed by atoms with Gasteiger partial charge in [0.05, 0.1) is 11.4 Å². The van der Waals surface area contributed by atoms with Crippen LogP contribution in [0.4, 0.5) is 34.1 Å². The van der Waals surface area contributed by atoms with Crippen molar-refractivity contribution in [1.82, 2.24) is 0 Å². The highest BCUT2D eigenvalue weighted by molar-refractivity contribution is 6.22. The topological polar surface area (TPSA) is 59.0 Å². The molecule has 13 aromatic carbocycles. The molecule has 6 heteroatoms. The summed E-state index contributed by atoms with van der Waals surface area (Å²) in [5.41, 5.74) is 18.0. The number of aryl methyl sites for hydroxylation is 1. The maximum absolute atomic E-state index is 7.00. The maximum Gasteiger partial charge on any atom is 0.178 e. The van der Waals surface area contributed by atoms with Gasteiger partial charge in [-0.15, -0.1) is 0 Å². The summed E-state index contributed by atoms with van der Waals surface area (Å²) in [5.74, 6) is 0. The first-order chi connectivity index (χ1) is 40.1. The van der Waals surface area contributed by atoms with Crippen molar-refractivity contribution in [2.75, 3.05) is 9.80 Å². The predicted molar refractivity (Wildman–Crippen MR) is 336 cm³/mol. The number of benzene rings is 13. The van der Waals surface area contributed by atoms with E-state index in [1.54, 1.807) is 0 Å². The lowest BCUT2D eigenvalue weighted by Gasteiger charge is -2.27. The van der Waals surface area contributed by atoms with Crippen molar-refractivity contribution in [1.29, 1.82) is 0 Å².